The number of nitrogens with two attached hydrogens (primary N) is 1. The van der Waals surface area contributed by atoms with Crippen LogP contribution in [0.25, 0.3) is 0 Å². The molecular formula is C22H25ClN4O4S. The van der Waals surface area contributed by atoms with Crippen LogP contribution in [0.1, 0.15) is 24.0 Å². The number of hydrogen-bond donors (Lipinski definition) is 2. The van der Waals surface area contributed by atoms with E-state index in [2.05, 4.69) is 5.32 Å². The van der Waals surface area contributed by atoms with E-state index in [4.69, 9.17) is 17.3 Å². The summed E-state index contributed by atoms with van der Waals surface area (Å²) in [4.78, 5) is 26.6. The number of benzene rings is 2. The van der Waals surface area contributed by atoms with Crippen molar-refractivity contribution >= 4 is 39.1 Å². The molecule has 2 heterocycles. The minimum Gasteiger partial charge on any atom is -0.368 e. The summed E-state index contributed by atoms with van der Waals surface area (Å²) in [5.41, 5.74) is 7.88. The largest absolute Gasteiger partial charge is 0.368 e. The lowest BCUT2D eigenvalue weighted by atomic mass is 9.93. The maximum atomic E-state index is 12.8. The summed E-state index contributed by atoms with van der Waals surface area (Å²) in [5, 5.41) is 2.93. The number of anilines is 1. The van der Waals surface area contributed by atoms with Crippen LogP contribution < -0.4 is 11.1 Å². The lowest BCUT2D eigenvalue weighted by Crippen LogP contribution is -2.50. The zero-order chi connectivity index (χ0) is 22.9. The number of rotatable bonds is 6. The Hall–Kier alpha value is -2.46. The topological polar surface area (TPSA) is 113 Å². The molecular weight excluding hydrogens is 452 g/mol. The second-order valence-electron chi connectivity index (χ2n) is 8.10. The molecule has 1 fully saturated rings. The Kier molecular flexibility index (Phi) is 6.52. The number of fused-ring (bicyclic) bond motifs is 1. The van der Waals surface area contributed by atoms with Crippen molar-refractivity contribution in [3.63, 3.8) is 0 Å². The van der Waals surface area contributed by atoms with Gasteiger partial charge in [0.1, 0.15) is 0 Å². The SMILES string of the molecule is NC(=O)[C@@H]1Cc2ccccc2CN1CC(=O)Nc1cc(S(=O)(=O)N2CCCC2)ccc1Cl. The van der Waals surface area contributed by atoms with E-state index in [1.807, 2.05) is 24.3 Å². The van der Waals surface area contributed by atoms with Crippen LogP contribution in [-0.2, 0) is 32.6 Å². The molecule has 8 nitrogen and oxygen atoms in total. The molecule has 0 unspecified atom stereocenters. The maximum Gasteiger partial charge on any atom is 0.243 e. The second kappa shape index (κ2) is 9.19. The molecule has 1 saturated heterocycles. The third kappa shape index (κ3) is 4.66. The average Bonchev–Trinajstić information content (AvgIpc) is 3.30. The van der Waals surface area contributed by atoms with Gasteiger partial charge in [-0.25, -0.2) is 8.42 Å². The highest BCUT2D eigenvalue weighted by atomic mass is 35.5. The molecule has 1 atom stereocenters. The standard InChI is InChI=1S/C22H25ClN4O4S/c23-18-8-7-17(32(30,31)27-9-3-4-10-27)12-19(18)25-21(28)14-26-13-16-6-2-1-5-15(16)11-20(26)22(24)29/h1-2,5-8,12,20H,3-4,9-11,13-14H2,(H2,24,29)(H,25,28)/t20-/m0/s1. The first-order valence-corrected chi connectivity index (χ1v) is 12.3. The highest BCUT2D eigenvalue weighted by Gasteiger charge is 2.32. The summed E-state index contributed by atoms with van der Waals surface area (Å²) in [6.07, 6.45) is 2.09. The van der Waals surface area contributed by atoms with Crippen molar-refractivity contribution in [3.8, 4) is 0 Å². The van der Waals surface area contributed by atoms with Crippen LogP contribution in [0.5, 0.6) is 0 Å². The molecule has 2 aliphatic rings. The van der Waals surface area contributed by atoms with Gasteiger partial charge in [-0.15, -0.1) is 0 Å². The Labute approximate surface area is 192 Å². The fourth-order valence-corrected chi connectivity index (χ4v) is 5.94. The Morgan fingerprint density at radius 1 is 1.09 bits per heavy atom. The maximum absolute atomic E-state index is 12.8. The van der Waals surface area contributed by atoms with Crippen LogP contribution in [0.2, 0.25) is 5.02 Å². The first-order chi connectivity index (χ1) is 15.3. The van der Waals surface area contributed by atoms with Crippen molar-refractivity contribution in [1.29, 1.82) is 0 Å². The van der Waals surface area contributed by atoms with E-state index in [1.54, 1.807) is 4.90 Å². The average molecular weight is 477 g/mol. The third-order valence-electron chi connectivity index (χ3n) is 5.94. The van der Waals surface area contributed by atoms with E-state index >= 15 is 0 Å². The van der Waals surface area contributed by atoms with Crippen molar-refractivity contribution in [1.82, 2.24) is 9.21 Å². The van der Waals surface area contributed by atoms with Gasteiger partial charge in [-0.2, -0.15) is 4.31 Å². The Bertz CT molecular complexity index is 1150. The predicted octanol–water partition coefficient (Wildman–Crippen LogP) is 1.98. The summed E-state index contributed by atoms with van der Waals surface area (Å²) in [5.74, 6) is -0.905. The normalized spacial score (nSPS) is 19.5. The summed E-state index contributed by atoms with van der Waals surface area (Å²) < 4.78 is 27.1. The summed E-state index contributed by atoms with van der Waals surface area (Å²) >= 11 is 6.23. The van der Waals surface area contributed by atoms with Gasteiger partial charge in [-0.3, -0.25) is 14.5 Å². The number of hydrogen-bond acceptors (Lipinski definition) is 5. The molecule has 4 rings (SSSR count). The molecule has 2 amide bonds. The smallest absolute Gasteiger partial charge is 0.243 e. The molecule has 2 aromatic carbocycles. The van der Waals surface area contributed by atoms with Crippen molar-refractivity contribution in [2.45, 2.75) is 36.7 Å². The molecule has 0 aromatic heterocycles. The third-order valence-corrected chi connectivity index (χ3v) is 8.16. The minimum absolute atomic E-state index is 0.0820. The van der Waals surface area contributed by atoms with E-state index in [-0.39, 0.29) is 22.2 Å². The van der Waals surface area contributed by atoms with Crippen LogP contribution in [0.15, 0.2) is 47.4 Å². The molecule has 10 heteroatoms. The van der Waals surface area contributed by atoms with Gasteiger partial charge in [-0.1, -0.05) is 35.9 Å². The number of carbonyl (C=O) groups excluding carboxylic acids is 2. The van der Waals surface area contributed by atoms with Gasteiger partial charge in [0.05, 0.1) is 28.2 Å². The Morgan fingerprint density at radius 2 is 1.78 bits per heavy atom. The van der Waals surface area contributed by atoms with Crippen molar-refractivity contribution in [2.75, 3.05) is 25.0 Å². The molecule has 2 aromatic rings. The van der Waals surface area contributed by atoms with Crippen molar-refractivity contribution < 1.29 is 18.0 Å². The van der Waals surface area contributed by atoms with Gasteiger partial charge < -0.3 is 11.1 Å². The van der Waals surface area contributed by atoms with Gasteiger partial charge >= 0.3 is 0 Å². The molecule has 0 bridgehead atoms. The summed E-state index contributed by atoms with van der Waals surface area (Å²) in [7, 11) is -3.64. The van der Waals surface area contributed by atoms with E-state index in [0.29, 0.717) is 26.1 Å². The zero-order valence-corrected chi connectivity index (χ0v) is 19.0. The van der Waals surface area contributed by atoms with Crippen LogP contribution in [0.3, 0.4) is 0 Å². The van der Waals surface area contributed by atoms with Gasteiger partial charge in [0.2, 0.25) is 21.8 Å². The molecule has 2 aliphatic heterocycles. The van der Waals surface area contributed by atoms with Gasteiger partial charge in [0, 0.05) is 19.6 Å². The number of nitrogens with one attached hydrogen (secondary N) is 1. The summed E-state index contributed by atoms with van der Waals surface area (Å²) in [6, 6.07) is 11.4. The highest BCUT2D eigenvalue weighted by Crippen LogP contribution is 2.29. The van der Waals surface area contributed by atoms with E-state index < -0.39 is 27.9 Å². The summed E-state index contributed by atoms with van der Waals surface area (Å²) in [6.45, 7) is 1.30. The van der Waals surface area contributed by atoms with Crippen LogP contribution in [-0.4, -0.2) is 55.1 Å². The predicted molar refractivity (Wildman–Crippen MR) is 122 cm³/mol. The lowest BCUT2D eigenvalue weighted by Gasteiger charge is -2.34. The zero-order valence-electron chi connectivity index (χ0n) is 17.5. The van der Waals surface area contributed by atoms with Crippen LogP contribution in [0.4, 0.5) is 5.69 Å². The quantitative estimate of drug-likeness (QED) is 0.661. The number of carbonyl (C=O) groups is 2. The van der Waals surface area contributed by atoms with Crippen LogP contribution >= 0.6 is 11.6 Å². The number of primary amides is 1. The fraction of sp³-hybridized carbons (Fsp3) is 0.364. The first kappa shape index (κ1) is 22.7. The molecule has 170 valence electrons. The van der Waals surface area contributed by atoms with E-state index in [1.165, 1.54) is 22.5 Å². The minimum atomic E-state index is -3.64. The molecule has 0 aliphatic carbocycles. The van der Waals surface area contributed by atoms with E-state index in [0.717, 1.165) is 24.0 Å². The number of nitrogens with zero attached hydrogens (tertiary/aromatic N) is 2. The highest BCUT2D eigenvalue weighted by molar-refractivity contribution is 7.89. The monoisotopic (exact) mass is 476 g/mol. The Morgan fingerprint density at radius 3 is 2.47 bits per heavy atom. The van der Waals surface area contributed by atoms with E-state index in [9.17, 15) is 18.0 Å². The number of amides is 2. The molecule has 0 spiro atoms. The molecule has 32 heavy (non-hydrogen) atoms. The van der Waals surface area contributed by atoms with Crippen molar-refractivity contribution in [2.24, 2.45) is 5.73 Å². The van der Waals surface area contributed by atoms with Gasteiger partial charge in [0.25, 0.3) is 0 Å². The van der Waals surface area contributed by atoms with Crippen LogP contribution in [0, 0.1) is 0 Å². The first-order valence-electron chi connectivity index (χ1n) is 10.5. The number of halogens is 1. The second-order valence-corrected chi connectivity index (χ2v) is 10.4. The number of sulfonamides is 1. The molecule has 0 saturated carbocycles. The van der Waals surface area contributed by atoms with Crippen molar-refractivity contribution in [3.05, 3.63) is 58.6 Å². The Balaban J connectivity index is 1.51. The molecule has 0 radical (unpaired) electrons. The lowest BCUT2D eigenvalue weighted by molar-refractivity contribution is -0.125. The van der Waals surface area contributed by atoms with Gasteiger partial charge in [-0.05, 0) is 48.6 Å². The fourth-order valence-electron chi connectivity index (χ4n) is 4.24. The molecule has 3 N–H and O–H groups in total. The van der Waals surface area contributed by atoms with Gasteiger partial charge in [0.15, 0.2) is 0 Å².